The Hall–Kier alpha value is -10.2. The summed E-state index contributed by atoms with van der Waals surface area (Å²) in [7, 11) is 0. The molecule has 8 aromatic rings. The number of carbonyl (C=O) groups excluding carboxylic acids is 6. The summed E-state index contributed by atoms with van der Waals surface area (Å²) >= 11 is 0. The predicted molar refractivity (Wildman–Crippen MR) is 306 cm³/mol. The molecule has 12 rings (SSSR count). The monoisotopic (exact) mass is 1110 g/mol. The summed E-state index contributed by atoms with van der Waals surface area (Å²) in [6, 6.07) is 37.5. The molecule has 4 N–H and O–H groups in total. The van der Waals surface area contributed by atoms with Gasteiger partial charge < -0.3 is 40.2 Å². The molecule has 4 aromatic carbocycles. The lowest BCUT2D eigenvalue weighted by Crippen LogP contribution is -2.48. The topological polar surface area (TPSA) is 249 Å². The Morgan fingerprint density at radius 3 is 1.43 bits per heavy atom. The zero-order valence-electron chi connectivity index (χ0n) is 45.2. The second-order valence-corrected chi connectivity index (χ2v) is 18.8. The summed E-state index contributed by atoms with van der Waals surface area (Å²) in [5.74, 6) is -0.787. The zero-order valence-corrected chi connectivity index (χ0v) is 45.2. The third-order valence-electron chi connectivity index (χ3n) is 13.0. The van der Waals surface area contributed by atoms with Crippen LogP contribution in [0.5, 0.6) is 23.0 Å². The SMILES string of the molecule is CCNC(=O)C(=O)[C@@H]1Cc2ccc(cc2)OC/C=C/COc2cccc(c2)-c2ccn(n2)-c2ncccc2C(=O)N1.CCNC(=O)C(=O)[C@@H]1Cc2ccc(cc2)OCCCCOc2cccc(c2)-c2ccn(n2)-c2ncccc2C(=O)N1.[HH]. The van der Waals surface area contributed by atoms with Crippen molar-refractivity contribution < 1.29 is 49.1 Å². The van der Waals surface area contributed by atoms with Gasteiger partial charge in [-0.15, -0.1) is 0 Å². The van der Waals surface area contributed by atoms with Crippen LogP contribution in [0.3, 0.4) is 0 Å². The van der Waals surface area contributed by atoms with E-state index in [0.29, 0.717) is 61.6 Å². The number of likely N-dealkylation sites (N-methyl/N-ethyl adjacent to an activating group) is 2. The van der Waals surface area contributed by atoms with Crippen LogP contribution in [0.2, 0.25) is 0 Å². The molecule has 0 aliphatic carbocycles. The second kappa shape index (κ2) is 27.6. The molecule has 4 aliphatic heterocycles. The maximum atomic E-state index is 13.6. The Morgan fingerprint density at radius 1 is 0.537 bits per heavy atom. The van der Waals surface area contributed by atoms with E-state index in [0.717, 1.165) is 40.8 Å². The summed E-state index contributed by atoms with van der Waals surface area (Å²) in [5.41, 5.74) is 4.93. The van der Waals surface area contributed by atoms with Gasteiger partial charge in [-0.3, -0.25) is 28.8 Å². The van der Waals surface area contributed by atoms with Gasteiger partial charge in [0.25, 0.3) is 23.6 Å². The van der Waals surface area contributed by atoms with Crippen molar-refractivity contribution >= 4 is 35.2 Å². The summed E-state index contributed by atoms with van der Waals surface area (Å²) in [5, 5.41) is 19.9. The lowest BCUT2D eigenvalue weighted by atomic mass is 10.0. The molecule has 0 saturated heterocycles. The van der Waals surface area contributed by atoms with E-state index in [1.54, 1.807) is 87.2 Å². The lowest BCUT2D eigenvalue weighted by Gasteiger charge is -2.18. The number of Topliss-reactive ketones (excluding diaryl/α,β-unsaturated/α-hetero) is 2. The molecule has 4 aromatic heterocycles. The number of nitrogens with one attached hydrogen (secondary N) is 4. The van der Waals surface area contributed by atoms with E-state index >= 15 is 0 Å². The predicted octanol–water partition coefficient (Wildman–Crippen LogP) is 7.09. The average Bonchev–Trinajstić information content (AvgIpc) is 4.34. The van der Waals surface area contributed by atoms with Crippen molar-refractivity contribution in [3.8, 4) is 57.1 Å². The van der Waals surface area contributed by atoms with E-state index in [1.807, 2.05) is 97.1 Å². The Morgan fingerprint density at radius 2 is 0.963 bits per heavy atom. The van der Waals surface area contributed by atoms with Gasteiger partial charge in [-0.1, -0.05) is 48.5 Å². The van der Waals surface area contributed by atoms with Crippen molar-refractivity contribution in [2.45, 2.75) is 51.6 Å². The van der Waals surface area contributed by atoms with E-state index in [1.165, 1.54) is 9.36 Å². The molecule has 2 atom stereocenters. The van der Waals surface area contributed by atoms with Gasteiger partial charge in [0.1, 0.15) is 48.3 Å². The minimum atomic E-state index is -1.11. The largest absolute Gasteiger partial charge is 0.494 e. The third-order valence-corrected chi connectivity index (χ3v) is 13.0. The maximum absolute atomic E-state index is 13.6. The van der Waals surface area contributed by atoms with Crippen LogP contribution in [-0.4, -0.2) is 116 Å². The molecule has 4 aliphatic rings. The molecule has 420 valence electrons. The molecule has 0 fully saturated rings. The van der Waals surface area contributed by atoms with Gasteiger partial charge in [0, 0.05) is 63.3 Å². The number of fused-ring (bicyclic) bond motifs is 19. The molecule has 20 nitrogen and oxygen atoms in total. The van der Waals surface area contributed by atoms with Crippen LogP contribution in [0, 0.1) is 0 Å². The fourth-order valence-corrected chi connectivity index (χ4v) is 8.82. The fourth-order valence-electron chi connectivity index (χ4n) is 8.82. The van der Waals surface area contributed by atoms with Crippen molar-refractivity contribution in [3.05, 3.63) is 193 Å². The molecule has 82 heavy (non-hydrogen) atoms. The number of amides is 4. The highest BCUT2D eigenvalue weighted by atomic mass is 16.5. The third kappa shape index (κ3) is 14.7. The van der Waals surface area contributed by atoms with Gasteiger partial charge in [-0.2, -0.15) is 10.2 Å². The van der Waals surface area contributed by atoms with E-state index in [2.05, 4.69) is 41.4 Å². The zero-order chi connectivity index (χ0) is 57.2. The Balaban J connectivity index is 0.000000214. The molecule has 12 bridgehead atoms. The molecular weight excluding hydrogens is 1040 g/mol. The number of benzene rings is 4. The number of aromatic nitrogens is 6. The van der Waals surface area contributed by atoms with E-state index in [-0.39, 0.29) is 43.6 Å². The smallest absolute Gasteiger partial charge is 0.289 e. The van der Waals surface area contributed by atoms with Gasteiger partial charge in [0.2, 0.25) is 11.6 Å². The van der Waals surface area contributed by atoms with Crippen LogP contribution in [0.25, 0.3) is 34.2 Å². The number of rotatable bonds is 6. The molecule has 0 spiro atoms. The first-order valence-corrected chi connectivity index (χ1v) is 26.9. The van der Waals surface area contributed by atoms with Gasteiger partial charge in [-0.05, 0) is 135 Å². The first kappa shape index (κ1) is 56.5. The summed E-state index contributed by atoms with van der Waals surface area (Å²) in [6.45, 7) is 5.82. The minimum Gasteiger partial charge on any atom is -0.494 e. The highest BCUT2D eigenvalue weighted by Crippen LogP contribution is 2.27. The quantitative estimate of drug-likeness (QED) is 0.0960. The van der Waals surface area contributed by atoms with Crippen molar-refractivity contribution in [1.29, 1.82) is 0 Å². The first-order valence-electron chi connectivity index (χ1n) is 26.9. The summed E-state index contributed by atoms with van der Waals surface area (Å²) in [6.07, 6.45) is 12.2. The van der Waals surface area contributed by atoms with Crippen LogP contribution in [0.4, 0.5) is 0 Å². The number of carbonyl (C=O) groups is 6. The average molecular weight is 1110 g/mol. The number of hydrogen-bond acceptors (Lipinski definition) is 14. The Kier molecular flexibility index (Phi) is 19.0. The van der Waals surface area contributed by atoms with Crippen molar-refractivity contribution in [1.82, 2.24) is 50.8 Å². The van der Waals surface area contributed by atoms with Crippen molar-refractivity contribution in [2.75, 3.05) is 39.5 Å². The van der Waals surface area contributed by atoms with Crippen LogP contribution < -0.4 is 40.2 Å². The number of ether oxygens (including phenoxy) is 4. The van der Waals surface area contributed by atoms with E-state index < -0.39 is 47.3 Å². The molecule has 0 unspecified atom stereocenters. The number of pyridine rings is 2. The highest BCUT2D eigenvalue weighted by Gasteiger charge is 2.30. The highest BCUT2D eigenvalue weighted by molar-refractivity contribution is 6.39. The summed E-state index contributed by atoms with van der Waals surface area (Å²) < 4.78 is 26.5. The molecular formula is C62H62N10O10. The van der Waals surface area contributed by atoms with Crippen LogP contribution in [-0.2, 0) is 32.0 Å². The number of ketones is 2. The molecule has 20 heteroatoms. The van der Waals surface area contributed by atoms with Gasteiger partial charge >= 0.3 is 0 Å². The van der Waals surface area contributed by atoms with Crippen molar-refractivity contribution in [2.24, 2.45) is 0 Å². The molecule has 0 radical (unpaired) electrons. The van der Waals surface area contributed by atoms with E-state index in [4.69, 9.17) is 18.9 Å². The number of hydrogen-bond donors (Lipinski definition) is 4. The molecule has 8 heterocycles. The van der Waals surface area contributed by atoms with Gasteiger partial charge in [0.15, 0.2) is 11.6 Å². The lowest BCUT2D eigenvalue weighted by molar-refractivity contribution is -0.138. The fraction of sp³-hybridized carbons (Fsp3) is 0.226. The van der Waals surface area contributed by atoms with Crippen LogP contribution >= 0.6 is 0 Å². The van der Waals surface area contributed by atoms with Gasteiger partial charge in [-0.25, -0.2) is 19.3 Å². The van der Waals surface area contributed by atoms with E-state index in [9.17, 15) is 28.8 Å². The Bertz CT molecular complexity index is 3580. The van der Waals surface area contributed by atoms with Crippen LogP contribution in [0.1, 0.15) is 60.0 Å². The minimum absolute atomic E-state index is 0. The standard InChI is InChI=1S/C31H31N5O5.C31H29N5O5.H2/c2*1-2-32-31(39)28(37)27-19-21-10-12-23(13-11-21)40-17-3-4-18-41-24-8-5-7-22(20-24)26-14-16-36(35-26)29-25(30(38)34-27)9-6-15-33-29;/h5-16,20,27H,2-4,17-19H2,1H3,(H,32,39)(H,34,38);3-16,20,27H,2,17-19H2,1H3,(H,32,39)(H,34,38);1H/b;4-3+;/t2*27-;/m00./s1. The molecule has 4 amide bonds. The second-order valence-electron chi connectivity index (χ2n) is 18.8. The normalized spacial score (nSPS) is 15.8. The maximum Gasteiger partial charge on any atom is 0.289 e. The van der Waals surface area contributed by atoms with Gasteiger partial charge in [0.05, 0.1) is 35.7 Å². The van der Waals surface area contributed by atoms with Crippen molar-refractivity contribution in [3.63, 3.8) is 0 Å². The first-order chi connectivity index (χ1) is 40.0. The Labute approximate surface area is 474 Å². The van der Waals surface area contributed by atoms with Crippen LogP contribution in [0.15, 0.2) is 170 Å². The summed E-state index contributed by atoms with van der Waals surface area (Å²) in [4.78, 5) is 87.0. The molecule has 0 saturated carbocycles. The number of nitrogens with zero attached hydrogens (tertiary/aromatic N) is 6.